The monoisotopic (exact) mass is 248 g/mol. The minimum Gasteiger partial charge on any atom is -0.452 e. The van der Waals surface area contributed by atoms with Gasteiger partial charge in [-0.2, -0.15) is 0 Å². The molecule has 1 aromatic rings. The van der Waals surface area contributed by atoms with Crippen molar-refractivity contribution in [1.82, 2.24) is 10.3 Å². The van der Waals surface area contributed by atoms with Crippen LogP contribution in [0.3, 0.4) is 0 Å². The molecule has 1 aliphatic rings. The van der Waals surface area contributed by atoms with Gasteiger partial charge in [0.2, 0.25) is 5.91 Å². The van der Waals surface area contributed by atoms with Gasteiger partial charge >= 0.3 is 5.97 Å². The maximum atomic E-state index is 11.7. The van der Waals surface area contributed by atoms with Crippen molar-refractivity contribution in [2.24, 2.45) is 0 Å². The minimum atomic E-state index is -0.891. The number of rotatable bonds is 4. The van der Waals surface area contributed by atoms with Crippen molar-refractivity contribution in [3.8, 4) is 0 Å². The van der Waals surface area contributed by atoms with Gasteiger partial charge in [-0.15, -0.1) is 0 Å². The third-order valence-corrected chi connectivity index (χ3v) is 2.97. The number of nitrogens with zero attached hydrogens (tertiary/aromatic N) is 1. The maximum Gasteiger partial charge on any atom is 0.306 e. The largest absolute Gasteiger partial charge is 0.452 e. The average molecular weight is 248 g/mol. The van der Waals surface area contributed by atoms with E-state index in [0.717, 1.165) is 12.0 Å². The smallest absolute Gasteiger partial charge is 0.306 e. The molecule has 1 aromatic heterocycles. The molecule has 1 amide bonds. The number of nitrogens with one attached hydrogen (secondary N) is 1. The standard InChI is InChI=1S/C13H16N2O3/c1-2-4-12(17)18-13(7-11(16)15-9-13)10-5-3-6-14-8-10/h3,5-6,8H,2,4,7,9H2,1H3,(H,15,16). The Bertz CT molecular complexity index is 447. The summed E-state index contributed by atoms with van der Waals surface area (Å²) in [4.78, 5) is 27.2. The van der Waals surface area contributed by atoms with E-state index in [-0.39, 0.29) is 18.3 Å². The van der Waals surface area contributed by atoms with Gasteiger partial charge in [-0.3, -0.25) is 14.6 Å². The second kappa shape index (κ2) is 5.16. The van der Waals surface area contributed by atoms with Gasteiger partial charge in [-0.25, -0.2) is 0 Å². The third kappa shape index (κ3) is 2.50. The summed E-state index contributed by atoms with van der Waals surface area (Å²) < 4.78 is 5.53. The second-order valence-electron chi connectivity index (χ2n) is 4.41. The first kappa shape index (κ1) is 12.5. The van der Waals surface area contributed by atoms with Crippen molar-refractivity contribution in [3.63, 3.8) is 0 Å². The summed E-state index contributed by atoms with van der Waals surface area (Å²) in [5.41, 5.74) is -0.134. The zero-order valence-electron chi connectivity index (χ0n) is 10.3. The average Bonchev–Trinajstić information content (AvgIpc) is 2.73. The molecule has 2 heterocycles. The molecule has 0 saturated carbocycles. The van der Waals surface area contributed by atoms with Gasteiger partial charge in [0.1, 0.15) is 0 Å². The van der Waals surface area contributed by atoms with Gasteiger partial charge in [-0.05, 0) is 12.5 Å². The fourth-order valence-electron chi connectivity index (χ4n) is 2.07. The van der Waals surface area contributed by atoms with Gasteiger partial charge in [-0.1, -0.05) is 13.0 Å². The zero-order chi connectivity index (χ0) is 13.0. The Labute approximate surface area is 106 Å². The van der Waals surface area contributed by atoms with E-state index >= 15 is 0 Å². The lowest BCUT2D eigenvalue weighted by Gasteiger charge is -2.27. The summed E-state index contributed by atoms with van der Waals surface area (Å²) in [6.45, 7) is 2.23. The van der Waals surface area contributed by atoms with Crippen LogP contribution in [0.2, 0.25) is 0 Å². The molecule has 0 radical (unpaired) electrons. The number of esters is 1. The van der Waals surface area contributed by atoms with E-state index in [9.17, 15) is 9.59 Å². The van der Waals surface area contributed by atoms with Gasteiger partial charge < -0.3 is 10.1 Å². The van der Waals surface area contributed by atoms with E-state index in [4.69, 9.17) is 4.74 Å². The van der Waals surface area contributed by atoms with Gasteiger partial charge in [0.05, 0.1) is 13.0 Å². The molecule has 1 aliphatic heterocycles. The highest BCUT2D eigenvalue weighted by Gasteiger charge is 2.43. The number of ether oxygens (including phenoxy) is 1. The number of pyridine rings is 1. The molecule has 0 bridgehead atoms. The summed E-state index contributed by atoms with van der Waals surface area (Å²) in [5.74, 6) is -0.388. The predicted octanol–water partition coefficient (Wildman–Crippen LogP) is 1.14. The Hall–Kier alpha value is -1.91. The van der Waals surface area contributed by atoms with Crippen LogP contribution >= 0.6 is 0 Å². The van der Waals surface area contributed by atoms with E-state index in [2.05, 4.69) is 10.3 Å². The summed E-state index contributed by atoms with van der Waals surface area (Å²) >= 11 is 0. The number of amides is 1. The van der Waals surface area contributed by atoms with Crippen LogP contribution in [0.25, 0.3) is 0 Å². The molecule has 0 aromatic carbocycles. The van der Waals surface area contributed by atoms with Crippen molar-refractivity contribution >= 4 is 11.9 Å². The number of hydrogen-bond acceptors (Lipinski definition) is 4. The highest BCUT2D eigenvalue weighted by atomic mass is 16.6. The van der Waals surface area contributed by atoms with Crippen LogP contribution < -0.4 is 5.32 Å². The number of aromatic nitrogens is 1. The SMILES string of the molecule is CCCC(=O)OC1(c2cccnc2)CNC(=O)C1. The lowest BCUT2D eigenvalue weighted by Crippen LogP contribution is -2.34. The molecule has 5 heteroatoms. The molecule has 1 unspecified atom stereocenters. The lowest BCUT2D eigenvalue weighted by atomic mass is 9.94. The van der Waals surface area contributed by atoms with Crippen molar-refractivity contribution in [2.45, 2.75) is 31.8 Å². The van der Waals surface area contributed by atoms with Gasteiger partial charge in [0.25, 0.3) is 0 Å². The second-order valence-corrected chi connectivity index (χ2v) is 4.41. The van der Waals surface area contributed by atoms with Crippen LogP contribution in [0.1, 0.15) is 31.7 Å². The topological polar surface area (TPSA) is 68.3 Å². The summed E-state index contributed by atoms with van der Waals surface area (Å²) in [6, 6.07) is 3.60. The van der Waals surface area contributed by atoms with E-state index in [0.29, 0.717) is 13.0 Å². The van der Waals surface area contributed by atoms with Crippen LogP contribution in [-0.4, -0.2) is 23.4 Å². The van der Waals surface area contributed by atoms with Crippen LogP contribution in [-0.2, 0) is 19.9 Å². The number of hydrogen-bond donors (Lipinski definition) is 1. The first-order chi connectivity index (χ1) is 8.66. The van der Waals surface area contributed by atoms with Crippen molar-refractivity contribution in [2.75, 3.05) is 6.54 Å². The molecule has 0 spiro atoms. The molecule has 18 heavy (non-hydrogen) atoms. The Morgan fingerprint density at radius 2 is 2.44 bits per heavy atom. The maximum absolute atomic E-state index is 11.7. The lowest BCUT2D eigenvalue weighted by molar-refractivity contribution is -0.159. The van der Waals surface area contributed by atoms with Gasteiger partial charge in [0, 0.05) is 24.4 Å². The van der Waals surface area contributed by atoms with Crippen LogP contribution in [0, 0.1) is 0 Å². The molecular weight excluding hydrogens is 232 g/mol. The van der Waals surface area contributed by atoms with Crippen molar-refractivity contribution < 1.29 is 14.3 Å². The normalized spacial score (nSPS) is 22.6. The molecular formula is C13H16N2O3. The van der Waals surface area contributed by atoms with E-state index in [1.165, 1.54) is 0 Å². The predicted molar refractivity (Wildman–Crippen MR) is 64.5 cm³/mol. The van der Waals surface area contributed by atoms with Crippen molar-refractivity contribution in [3.05, 3.63) is 30.1 Å². The molecule has 0 aliphatic carbocycles. The Morgan fingerprint density at radius 3 is 3.00 bits per heavy atom. The molecule has 1 N–H and O–H groups in total. The molecule has 96 valence electrons. The summed E-state index contributed by atoms with van der Waals surface area (Å²) in [7, 11) is 0. The van der Waals surface area contributed by atoms with Crippen LogP contribution in [0.4, 0.5) is 0 Å². The van der Waals surface area contributed by atoms with E-state index in [1.807, 2.05) is 13.0 Å². The van der Waals surface area contributed by atoms with Crippen molar-refractivity contribution in [1.29, 1.82) is 0 Å². The molecule has 2 rings (SSSR count). The first-order valence-electron chi connectivity index (χ1n) is 6.05. The van der Waals surface area contributed by atoms with E-state index in [1.54, 1.807) is 18.5 Å². The zero-order valence-corrected chi connectivity index (χ0v) is 10.3. The Kier molecular flexibility index (Phi) is 3.60. The molecule has 1 atom stereocenters. The van der Waals surface area contributed by atoms with E-state index < -0.39 is 5.60 Å². The fraction of sp³-hybridized carbons (Fsp3) is 0.462. The number of carbonyl (C=O) groups excluding carboxylic acids is 2. The highest BCUT2D eigenvalue weighted by Crippen LogP contribution is 2.32. The first-order valence-corrected chi connectivity index (χ1v) is 6.05. The molecule has 5 nitrogen and oxygen atoms in total. The highest BCUT2D eigenvalue weighted by molar-refractivity contribution is 5.81. The molecule has 1 saturated heterocycles. The minimum absolute atomic E-state index is 0.108. The Morgan fingerprint density at radius 1 is 1.61 bits per heavy atom. The third-order valence-electron chi connectivity index (χ3n) is 2.97. The van der Waals surface area contributed by atoms with Crippen LogP contribution in [0.15, 0.2) is 24.5 Å². The fourth-order valence-corrected chi connectivity index (χ4v) is 2.07. The summed E-state index contributed by atoms with van der Waals surface area (Å²) in [5, 5.41) is 2.71. The van der Waals surface area contributed by atoms with Crippen LogP contribution in [0.5, 0.6) is 0 Å². The van der Waals surface area contributed by atoms with Gasteiger partial charge in [0.15, 0.2) is 5.60 Å². The molecule has 1 fully saturated rings. The summed E-state index contributed by atoms with van der Waals surface area (Å²) in [6.07, 6.45) is 4.53. The quantitative estimate of drug-likeness (QED) is 0.811. The Balaban J connectivity index is 2.25. The number of carbonyl (C=O) groups is 2.